The number of nitrogens with one attached hydrogen (secondary N) is 1. The predicted octanol–water partition coefficient (Wildman–Crippen LogP) is 3.14. The monoisotopic (exact) mass is 406 g/mol. The third-order valence-corrected chi connectivity index (χ3v) is 7.69. The van der Waals surface area contributed by atoms with Crippen LogP contribution in [0.15, 0.2) is 52.1 Å². The highest BCUT2D eigenvalue weighted by molar-refractivity contribution is 7.91. The Morgan fingerprint density at radius 2 is 1.81 bits per heavy atom. The molecule has 1 amide bonds. The Labute approximate surface area is 165 Å². The Morgan fingerprint density at radius 1 is 1.15 bits per heavy atom. The highest BCUT2D eigenvalue weighted by Crippen LogP contribution is 2.23. The zero-order chi connectivity index (χ0) is 19.4. The average molecular weight is 407 g/mol. The van der Waals surface area contributed by atoms with E-state index in [1.165, 1.54) is 0 Å². The molecule has 5 nitrogen and oxygen atoms in total. The predicted molar refractivity (Wildman–Crippen MR) is 108 cm³/mol. The molecule has 1 aromatic carbocycles. The van der Waals surface area contributed by atoms with E-state index in [2.05, 4.69) is 18.6 Å². The van der Waals surface area contributed by atoms with Crippen LogP contribution in [-0.4, -0.2) is 38.4 Å². The van der Waals surface area contributed by atoms with Gasteiger partial charge in [-0.1, -0.05) is 50.2 Å². The van der Waals surface area contributed by atoms with Crippen LogP contribution in [0.1, 0.15) is 25.8 Å². The van der Waals surface area contributed by atoms with Crippen LogP contribution in [0, 0.1) is 11.8 Å². The number of piperidine rings is 1. The first-order valence-corrected chi connectivity index (χ1v) is 11.6. The second-order valence-corrected chi connectivity index (χ2v) is 10.4. The number of rotatable bonds is 6. The summed E-state index contributed by atoms with van der Waals surface area (Å²) in [6.07, 6.45) is 1.43. The van der Waals surface area contributed by atoms with Crippen molar-refractivity contribution in [3.05, 3.63) is 53.4 Å². The van der Waals surface area contributed by atoms with Crippen molar-refractivity contribution in [2.75, 3.05) is 13.1 Å². The van der Waals surface area contributed by atoms with Crippen molar-refractivity contribution in [2.45, 2.75) is 36.9 Å². The third-order valence-electron chi connectivity index (χ3n) is 4.82. The molecule has 3 atom stereocenters. The molecule has 1 aliphatic heterocycles. The summed E-state index contributed by atoms with van der Waals surface area (Å²) in [5.41, 5.74) is 0.933. The van der Waals surface area contributed by atoms with Crippen molar-refractivity contribution in [1.82, 2.24) is 9.62 Å². The fourth-order valence-electron chi connectivity index (χ4n) is 3.75. The Balaban J connectivity index is 1.84. The number of nitrogens with zero attached hydrogens (tertiary/aromatic N) is 1. The normalized spacial score (nSPS) is 21.8. The van der Waals surface area contributed by atoms with Gasteiger partial charge in [-0.05, 0) is 41.7 Å². The summed E-state index contributed by atoms with van der Waals surface area (Å²) in [7, 11) is -3.73. The second-order valence-electron chi connectivity index (χ2n) is 7.48. The highest BCUT2D eigenvalue weighted by Gasteiger charge is 2.33. The minimum atomic E-state index is -3.73. The number of carbonyl (C=O) groups excluding carboxylic acids is 1. The zero-order valence-corrected chi connectivity index (χ0v) is 17.3. The largest absolute Gasteiger partial charge is 0.341 e. The molecule has 1 aromatic heterocycles. The molecular weight excluding hydrogens is 380 g/mol. The maximum absolute atomic E-state index is 13.2. The van der Waals surface area contributed by atoms with Crippen LogP contribution in [0.25, 0.3) is 0 Å². The number of likely N-dealkylation sites (tertiary alicyclic amines) is 1. The molecule has 0 radical (unpaired) electrons. The average Bonchev–Trinajstić information content (AvgIpc) is 3.16. The van der Waals surface area contributed by atoms with Crippen molar-refractivity contribution < 1.29 is 13.2 Å². The number of hydrogen-bond acceptors (Lipinski definition) is 4. The fourth-order valence-corrected chi connectivity index (χ4v) is 5.95. The van der Waals surface area contributed by atoms with Gasteiger partial charge in [-0.3, -0.25) is 4.79 Å². The summed E-state index contributed by atoms with van der Waals surface area (Å²) in [5.74, 6) is 0.699. The Hall–Kier alpha value is -1.70. The summed E-state index contributed by atoms with van der Waals surface area (Å²) >= 11 is 1.15. The maximum Gasteiger partial charge on any atom is 0.250 e. The van der Waals surface area contributed by atoms with E-state index in [-0.39, 0.29) is 10.1 Å². The molecule has 2 aromatic rings. The summed E-state index contributed by atoms with van der Waals surface area (Å²) in [4.78, 5) is 15.1. The van der Waals surface area contributed by atoms with Gasteiger partial charge in [0.25, 0.3) is 10.0 Å². The van der Waals surface area contributed by atoms with Crippen LogP contribution in [0.5, 0.6) is 0 Å². The van der Waals surface area contributed by atoms with Gasteiger partial charge in [0.15, 0.2) is 0 Å². The molecule has 0 bridgehead atoms. The van der Waals surface area contributed by atoms with Crippen LogP contribution in [-0.2, 0) is 21.2 Å². The van der Waals surface area contributed by atoms with Gasteiger partial charge in [0.1, 0.15) is 10.3 Å². The van der Waals surface area contributed by atoms with Crippen molar-refractivity contribution in [2.24, 2.45) is 11.8 Å². The number of benzene rings is 1. The van der Waals surface area contributed by atoms with E-state index in [0.717, 1.165) is 23.3 Å². The first-order chi connectivity index (χ1) is 12.8. The first-order valence-electron chi connectivity index (χ1n) is 9.23. The molecule has 3 rings (SSSR count). The van der Waals surface area contributed by atoms with Gasteiger partial charge in [-0.15, -0.1) is 11.3 Å². The Kier molecular flexibility index (Phi) is 6.34. The van der Waals surface area contributed by atoms with Gasteiger partial charge in [0.05, 0.1) is 0 Å². The van der Waals surface area contributed by atoms with E-state index in [4.69, 9.17) is 0 Å². The number of sulfonamides is 1. The van der Waals surface area contributed by atoms with E-state index in [1.54, 1.807) is 17.5 Å². The SMILES string of the molecule is CC1CC(C)CN(C(=O)C(Cc2ccccc2)NS(=O)(=O)c2cccs2)C1. The molecule has 146 valence electrons. The van der Waals surface area contributed by atoms with Gasteiger partial charge in [0, 0.05) is 13.1 Å². The summed E-state index contributed by atoms with van der Waals surface area (Å²) in [6, 6.07) is 12.0. The molecule has 0 aliphatic carbocycles. The molecule has 0 spiro atoms. The van der Waals surface area contributed by atoms with Gasteiger partial charge in [-0.25, -0.2) is 8.42 Å². The van der Waals surface area contributed by atoms with E-state index in [9.17, 15) is 13.2 Å². The molecule has 0 saturated carbocycles. The molecule has 2 heterocycles. The van der Waals surface area contributed by atoms with Crippen molar-refractivity contribution in [3.8, 4) is 0 Å². The summed E-state index contributed by atoms with van der Waals surface area (Å²) < 4.78 is 28.4. The molecule has 1 aliphatic rings. The zero-order valence-electron chi connectivity index (χ0n) is 15.7. The minimum absolute atomic E-state index is 0.141. The first kappa shape index (κ1) is 20.0. The van der Waals surface area contributed by atoms with Crippen molar-refractivity contribution in [1.29, 1.82) is 0 Å². The van der Waals surface area contributed by atoms with E-state index >= 15 is 0 Å². The van der Waals surface area contributed by atoms with Crippen LogP contribution >= 0.6 is 11.3 Å². The van der Waals surface area contributed by atoms with E-state index in [0.29, 0.717) is 31.3 Å². The van der Waals surface area contributed by atoms with Gasteiger partial charge >= 0.3 is 0 Å². The molecule has 7 heteroatoms. The molecule has 1 fully saturated rings. The number of hydrogen-bond donors (Lipinski definition) is 1. The lowest BCUT2D eigenvalue weighted by Gasteiger charge is -2.37. The second kappa shape index (κ2) is 8.54. The molecular formula is C20H26N2O3S2. The molecule has 1 saturated heterocycles. The molecule has 27 heavy (non-hydrogen) atoms. The number of carbonyl (C=O) groups is 1. The van der Waals surface area contributed by atoms with Crippen LogP contribution in [0.2, 0.25) is 0 Å². The standard InChI is InChI=1S/C20H26N2O3S2/c1-15-11-16(2)14-22(13-15)20(23)18(12-17-7-4-3-5-8-17)21-27(24,25)19-9-6-10-26-19/h3-10,15-16,18,21H,11-14H2,1-2H3. The van der Waals surface area contributed by atoms with Crippen molar-refractivity contribution >= 4 is 27.3 Å². The topological polar surface area (TPSA) is 66.5 Å². The molecule has 3 unspecified atom stereocenters. The van der Waals surface area contributed by atoms with Gasteiger partial charge < -0.3 is 4.90 Å². The third kappa shape index (κ3) is 5.18. The fraction of sp³-hybridized carbons (Fsp3) is 0.450. The summed E-state index contributed by atoms with van der Waals surface area (Å²) in [6.45, 7) is 5.63. The lowest BCUT2D eigenvalue weighted by atomic mass is 9.91. The lowest BCUT2D eigenvalue weighted by molar-refractivity contribution is -0.135. The van der Waals surface area contributed by atoms with Gasteiger partial charge in [-0.2, -0.15) is 4.72 Å². The van der Waals surface area contributed by atoms with Gasteiger partial charge in [0.2, 0.25) is 5.91 Å². The van der Waals surface area contributed by atoms with Crippen LogP contribution in [0.4, 0.5) is 0 Å². The number of amides is 1. The van der Waals surface area contributed by atoms with Crippen molar-refractivity contribution in [3.63, 3.8) is 0 Å². The van der Waals surface area contributed by atoms with E-state index in [1.807, 2.05) is 35.2 Å². The molecule has 1 N–H and O–H groups in total. The maximum atomic E-state index is 13.2. The van der Waals surface area contributed by atoms with Crippen LogP contribution < -0.4 is 4.72 Å². The number of thiophene rings is 1. The summed E-state index contributed by atoms with van der Waals surface area (Å²) in [5, 5.41) is 1.72. The smallest absolute Gasteiger partial charge is 0.250 e. The Morgan fingerprint density at radius 3 is 2.41 bits per heavy atom. The minimum Gasteiger partial charge on any atom is -0.341 e. The lowest BCUT2D eigenvalue weighted by Crippen LogP contribution is -2.53. The van der Waals surface area contributed by atoms with E-state index < -0.39 is 16.1 Å². The highest BCUT2D eigenvalue weighted by atomic mass is 32.2. The Bertz CT molecular complexity index is 841. The van der Waals surface area contributed by atoms with Crippen LogP contribution in [0.3, 0.4) is 0 Å². The quantitative estimate of drug-likeness (QED) is 0.801.